The fourth-order valence-corrected chi connectivity index (χ4v) is 3.23. The SMILES string of the molecule is COC[C@H](NC(=O)[C@H](CC(N)=O)NC(=O)OC(C)(C)C)C(=O)NCc1cccc2ccccc12. The summed E-state index contributed by atoms with van der Waals surface area (Å²) in [4.78, 5) is 49.2. The summed E-state index contributed by atoms with van der Waals surface area (Å²) in [5.74, 6) is -2.06. The molecule has 4 amide bonds. The van der Waals surface area contributed by atoms with Gasteiger partial charge >= 0.3 is 6.09 Å². The minimum Gasteiger partial charge on any atom is -0.444 e. The van der Waals surface area contributed by atoms with E-state index in [4.69, 9.17) is 15.2 Å². The van der Waals surface area contributed by atoms with E-state index in [-0.39, 0.29) is 13.2 Å². The van der Waals surface area contributed by atoms with Crippen molar-refractivity contribution in [2.45, 2.75) is 51.4 Å². The molecule has 0 aliphatic rings. The van der Waals surface area contributed by atoms with Gasteiger partial charge in [-0.25, -0.2) is 4.79 Å². The molecule has 0 fully saturated rings. The molecule has 0 radical (unpaired) electrons. The molecule has 10 heteroatoms. The maximum atomic E-state index is 12.8. The average molecular weight is 473 g/mol. The van der Waals surface area contributed by atoms with Gasteiger partial charge in [0.1, 0.15) is 17.7 Å². The van der Waals surface area contributed by atoms with Crippen molar-refractivity contribution in [2.24, 2.45) is 5.73 Å². The molecule has 0 unspecified atom stereocenters. The second kappa shape index (κ2) is 12.0. The molecular weight excluding hydrogens is 440 g/mol. The Morgan fingerprint density at radius 1 is 0.941 bits per heavy atom. The Morgan fingerprint density at radius 3 is 2.26 bits per heavy atom. The fraction of sp³-hybridized carbons (Fsp3) is 0.417. The van der Waals surface area contributed by atoms with Crippen LogP contribution in [-0.2, 0) is 30.4 Å². The third-order valence-electron chi connectivity index (χ3n) is 4.71. The number of carbonyl (C=O) groups is 4. The predicted molar refractivity (Wildman–Crippen MR) is 127 cm³/mol. The zero-order chi connectivity index (χ0) is 25.3. The van der Waals surface area contributed by atoms with Gasteiger partial charge in [-0.2, -0.15) is 0 Å². The summed E-state index contributed by atoms with van der Waals surface area (Å²) in [6, 6.07) is 11.2. The van der Waals surface area contributed by atoms with E-state index in [2.05, 4.69) is 16.0 Å². The number of methoxy groups -OCH3 is 1. The molecule has 0 bridgehead atoms. The van der Waals surface area contributed by atoms with Crippen molar-refractivity contribution in [3.05, 3.63) is 48.0 Å². The fourth-order valence-electron chi connectivity index (χ4n) is 3.23. The zero-order valence-electron chi connectivity index (χ0n) is 19.8. The van der Waals surface area contributed by atoms with Gasteiger partial charge in [0.05, 0.1) is 13.0 Å². The number of fused-ring (bicyclic) bond motifs is 1. The molecule has 2 aromatic carbocycles. The van der Waals surface area contributed by atoms with Crippen LogP contribution in [0.25, 0.3) is 10.8 Å². The number of amides is 4. The summed E-state index contributed by atoms with van der Waals surface area (Å²) in [7, 11) is 1.39. The second-order valence-corrected chi connectivity index (χ2v) is 8.74. The molecule has 0 aromatic heterocycles. The van der Waals surface area contributed by atoms with Crippen LogP contribution in [0.3, 0.4) is 0 Å². The summed E-state index contributed by atoms with van der Waals surface area (Å²) >= 11 is 0. The molecule has 2 atom stereocenters. The largest absolute Gasteiger partial charge is 0.444 e. The first-order valence-corrected chi connectivity index (χ1v) is 10.8. The van der Waals surface area contributed by atoms with Gasteiger partial charge < -0.3 is 31.2 Å². The standard InChI is InChI=1S/C24H32N4O6/c1-24(2,3)34-23(32)28-18(12-20(25)29)22(31)27-19(14-33-4)21(30)26-13-16-10-7-9-15-8-5-6-11-17(15)16/h5-11,18-19H,12-14H2,1-4H3,(H2,25,29)(H,26,30)(H,27,31)(H,28,32)/t18-,19-/m0/s1. The minimum absolute atomic E-state index is 0.122. The first-order valence-electron chi connectivity index (χ1n) is 10.8. The van der Waals surface area contributed by atoms with Crippen LogP contribution in [0, 0.1) is 0 Å². The van der Waals surface area contributed by atoms with E-state index in [9.17, 15) is 19.2 Å². The predicted octanol–water partition coefficient (Wildman–Crippen LogP) is 1.36. The molecule has 2 aromatic rings. The Hall–Kier alpha value is -3.66. The highest BCUT2D eigenvalue weighted by atomic mass is 16.6. The number of ether oxygens (including phenoxy) is 2. The van der Waals surface area contributed by atoms with Crippen molar-refractivity contribution >= 4 is 34.6 Å². The van der Waals surface area contributed by atoms with Crippen LogP contribution < -0.4 is 21.7 Å². The van der Waals surface area contributed by atoms with Gasteiger partial charge in [0.2, 0.25) is 17.7 Å². The molecule has 5 N–H and O–H groups in total. The first-order chi connectivity index (χ1) is 16.0. The van der Waals surface area contributed by atoms with Crippen LogP contribution in [0.15, 0.2) is 42.5 Å². The van der Waals surface area contributed by atoms with Crippen LogP contribution in [0.2, 0.25) is 0 Å². The minimum atomic E-state index is -1.32. The highest BCUT2D eigenvalue weighted by Gasteiger charge is 2.29. The Kier molecular flexibility index (Phi) is 9.37. The maximum Gasteiger partial charge on any atom is 0.408 e. The summed E-state index contributed by atoms with van der Waals surface area (Å²) in [5.41, 5.74) is 5.33. The van der Waals surface area contributed by atoms with Crippen molar-refractivity contribution in [1.82, 2.24) is 16.0 Å². The number of rotatable bonds is 10. The number of hydrogen-bond donors (Lipinski definition) is 4. The van der Waals surface area contributed by atoms with Crippen molar-refractivity contribution in [2.75, 3.05) is 13.7 Å². The normalized spacial score (nSPS) is 12.9. The van der Waals surface area contributed by atoms with Crippen LogP contribution in [0.4, 0.5) is 4.79 Å². The molecule has 0 saturated carbocycles. The highest BCUT2D eigenvalue weighted by molar-refractivity contribution is 5.94. The van der Waals surface area contributed by atoms with Crippen molar-refractivity contribution < 1.29 is 28.7 Å². The molecule has 0 spiro atoms. The van der Waals surface area contributed by atoms with Crippen LogP contribution in [-0.4, -0.2) is 55.2 Å². The zero-order valence-corrected chi connectivity index (χ0v) is 19.8. The topological polar surface area (TPSA) is 149 Å². The number of nitrogens with one attached hydrogen (secondary N) is 3. The lowest BCUT2D eigenvalue weighted by molar-refractivity contribution is -0.132. The lowest BCUT2D eigenvalue weighted by Crippen LogP contribution is -2.56. The number of alkyl carbamates (subject to hydrolysis) is 1. The van der Waals surface area contributed by atoms with Crippen LogP contribution in [0.1, 0.15) is 32.8 Å². The molecule has 184 valence electrons. The highest BCUT2D eigenvalue weighted by Crippen LogP contribution is 2.18. The molecular formula is C24H32N4O6. The van der Waals surface area contributed by atoms with Crippen LogP contribution in [0.5, 0.6) is 0 Å². The summed E-state index contributed by atoms with van der Waals surface area (Å²) < 4.78 is 10.2. The third kappa shape index (κ3) is 8.36. The molecule has 0 saturated heterocycles. The third-order valence-corrected chi connectivity index (χ3v) is 4.71. The van der Waals surface area contributed by atoms with E-state index in [1.54, 1.807) is 20.8 Å². The number of carbonyl (C=O) groups excluding carboxylic acids is 4. The maximum absolute atomic E-state index is 12.8. The summed E-state index contributed by atoms with van der Waals surface area (Å²) in [6.07, 6.45) is -1.36. The van der Waals surface area contributed by atoms with Crippen molar-refractivity contribution in [1.29, 1.82) is 0 Å². The van der Waals surface area contributed by atoms with Crippen LogP contribution >= 0.6 is 0 Å². The van der Waals surface area contributed by atoms with E-state index in [1.807, 2.05) is 42.5 Å². The molecule has 10 nitrogen and oxygen atoms in total. The molecule has 34 heavy (non-hydrogen) atoms. The first kappa shape index (κ1) is 26.6. The smallest absolute Gasteiger partial charge is 0.408 e. The number of primary amides is 1. The lowest BCUT2D eigenvalue weighted by Gasteiger charge is -2.24. The molecule has 0 aliphatic heterocycles. The Balaban J connectivity index is 2.07. The van der Waals surface area contributed by atoms with Crippen molar-refractivity contribution in [3.63, 3.8) is 0 Å². The van der Waals surface area contributed by atoms with Gasteiger partial charge in [0.15, 0.2) is 0 Å². The lowest BCUT2D eigenvalue weighted by atomic mass is 10.0. The average Bonchev–Trinajstić information content (AvgIpc) is 2.75. The number of nitrogens with two attached hydrogens (primary N) is 1. The van der Waals surface area contributed by atoms with E-state index < -0.39 is 47.9 Å². The van der Waals surface area contributed by atoms with Gasteiger partial charge in [0.25, 0.3) is 0 Å². The van der Waals surface area contributed by atoms with E-state index in [0.717, 1.165) is 16.3 Å². The van der Waals surface area contributed by atoms with E-state index in [0.29, 0.717) is 0 Å². The van der Waals surface area contributed by atoms with Gasteiger partial charge in [0, 0.05) is 13.7 Å². The Bertz CT molecular complexity index is 1030. The Morgan fingerprint density at radius 2 is 1.62 bits per heavy atom. The van der Waals surface area contributed by atoms with Gasteiger partial charge in [-0.05, 0) is 37.1 Å². The number of hydrogen-bond acceptors (Lipinski definition) is 6. The van der Waals surface area contributed by atoms with Gasteiger partial charge in [-0.1, -0.05) is 42.5 Å². The van der Waals surface area contributed by atoms with Crippen molar-refractivity contribution in [3.8, 4) is 0 Å². The monoisotopic (exact) mass is 472 g/mol. The summed E-state index contributed by atoms with van der Waals surface area (Å²) in [6.45, 7) is 5.08. The number of benzene rings is 2. The molecule has 0 aliphatic carbocycles. The molecule has 2 rings (SSSR count). The quantitative estimate of drug-likeness (QED) is 0.410. The second-order valence-electron chi connectivity index (χ2n) is 8.74. The van der Waals surface area contributed by atoms with E-state index >= 15 is 0 Å². The van der Waals surface area contributed by atoms with Gasteiger partial charge in [-0.3, -0.25) is 14.4 Å². The molecule has 0 heterocycles. The Labute approximate surface area is 198 Å². The van der Waals surface area contributed by atoms with E-state index in [1.165, 1.54) is 7.11 Å². The summed E-state index contributed by atoms with van der Waals surface area (Å²) in [5, 5.41) is 9.67. The van der Waals surface area contributed by atoms with Gasteiger partial charge in [-0.15, -0.1) is 0 Å².